The van der Waals surface area contributed by atoms with Crippen LogP contribution in [0.1, 0.15) is 15.9 Å². The van der Waals surface area contributed by atoms with Gasteiger partial charge in [0.1, 0.15) is 0 Å². The highest BCUT2D eigenvalue weighted by atomic mass is 32.2. The summed E-state index contributed by atoms with van der Waals surface area (Å²) >= 11 is 0. The van der Waals surface area contributed by atoms with Crippen molar-refractivity contribution < 1.29 is 18.1 Å². The van der Waals surface area contributed by atoms with Crippen molar-refractivity contribution in [3.8, 4) is 0 Å². The second kappa shape index (κ2) is 6.50. The molecule has 9 heteroatoms. The van der Waals surface area contributed by atoms with Crippen molar-refractivity contribution in [2.75, 3.05) is 25.5 Å². The number of nitro benzene ring substituents is 1. The lowest BCUT2D eigenvalue weighted by Gasteiger charge is -2.18. The first-order valence-corrected chi connectivity index (χ1v) is 9.27. The molecule has 136 valence electrons. The van der Waals surface area contributed by atoms with E-state index in [1.165, 1.54) is 44.4 Å². The molecule has 1 aliphatic heterocycles. The topological polar surface area (TPSA) is 101 Å². The number of anilines is 1. The predicted octanol–water partition coefficient (Wildman–Crippen LogP) is 2.05. The molecule has 0 saturated carbocycles. The van der Waals surface area contributed by atoms with Crippen molar-refractivity contribution in [1.29, 1.82) is 0 Å². The van der Waals surface area contributed by atoms with Gasteiger partial charge in [0.25, 0.3) is 11.6 Å². The van der Waals surface area contributed by atoms with Crippen molar-refractivity contribution in [3.05, 3.63) is 63.7 Å². The van der Waals surface area contributed by atoms with Crippen molar-refractivity contribution in [3.63, 3.8) is 0 Å². The number of rotatable bonds is 4. The fraction of sp³-hybridized carbons (Fsp3) is 0.235. The number of hydrogen-bond donors (Lipinski definition) is 0. The number of nitro groups is 1. The van der Waals surface area contributed by atoms with Gasteiger partial charge >= 0.3 is 0 Å². The number of fused-ring (bicyclic) bond motifs is 1. The van der Waals surface area contributed by atoms with Gasteiger partial charge in [0.15, 0.2) is 0 Å². The van der Waals surface area contributed by atoms with Gasteiger partial charge in [-0.05, 0) is 42.3 Å². The minimum absolute atomic E-state index is 0.0816. The van der Waals surface area contributed by atoms with Crippen LogP contribution >= 0.6 is 0 Å². The monoisotopic (exact) mass is 375 g/mol. The van der Waals surface area contributed by atoms with E-state index in [1.54, 1.807) is 17.0 Å². The summed E-state index contributed by atoms with van der Waals surface area (Å²) in [4.78, 5) is 24.7. The third kappa shape index (κ3) is 3.06. The molecule has 0 bridgehead atoms. The number of non-ortho nitro benzene ring substituents is 1. The molecule has 3 rings (SSSR count). The molecule has 0 atom stereocenters. The lowest BCUT2D eigenvalue weighted by atomic mass is 10.1. The molecule has 8 nitrogen and oxygen atoms in total. The molecule has 1 amide bonds. The highest BCUT2D eigenvalue weighted by Crippen LogP contribution is 2.32. The van der Waals surface area contributed by atoms with Crippen LogP contribution in [0.5, 0.6) is 0 Å². The predicted molar refractivity (Wildman–Crippen MR) is 95.8 cm³/mol. The van der Waals surface area contributed by atoms with Crippen LogP contribution in [0.25, 0.3) is 0 Å². The van der Waals surface area contributed by atoms with E-state index in [2.05, 4.69) is 0 Å². The number of sulfonamides is 1. The van der Waals surface area contributed by atoms with E-state index >= 15 is 0 Å². The van der Waals surface area contributed by atoms with E-state index in [4.69, 9.17) is 0 Å². The molecule has 1 heterocycles. The lowest BCUT2D eigenvalue weighted by Crippen LogP contribution is -2.28. The van der Waals surface area contributed by atoms with Gasteiger partial charge in [-0.3, -0.25) is 14.9 Å². The standard InChI is InChI=1S/C17H17N3O5S/c1-18(2)26(24,25)15-7-8-16-13(11-15)9-10-19(16)17(21)12-3-5-14(6-4-12)20(22)23/h3-8,11H,9-10H2,1-2H3. The van der Waals surface area contributed by atoms with Crippen molar-refractivity contribution >= 4 is 27.3 Å². The highest BCUT2D eigenvalue weighted by Gasteiger charge is 2.28. The van der Waals surface area contributed by atoms with E-state index < -0.39 is 14.9 Å². The molecule has 26 heavy (non-hydrogen) atoms. The smallest absolute Gasteiger partial charge is 0.269 e. The summed E-state index contributed by atoms with van der Waals surface area (Å²) in [5, 5.41) is 10.7. The first-order chi connectivity index (χ1) is 12.2. The van der Waals surface area contributed by atoms with Crippen LogP contribution < -0.4 is 4.90 Å². The first-order valence-electron chi connectivity index (χ1n) is 7.83. The van der Waals surface area contributed by atoms with Crippen LogP contribution in [0.2, 0.25) is 0 Å². The minimum atomic E-state index is -3.54. The average Bonchev–Trinajstić information content (AvgIpc) is 3.04. The van der Waals surface area contributed by atoms with Gasteiger partial charge in [-0.2, -0.15) is 0 Å². The Morgan fingerprint density at radius 3 is 2.38 bits per heavy atom. The Morgan fingerprint density at radius 2 is 1.81 bits per heavy atom. The Bertz CT molecular complexity index is 984. The zero-order valence-corrected chi connectivity index (χ0v) is 15.1. The van der Waals surface area contributed by atoms with E-state index in [-0.39, 0.29) is 16.5 Å². The molecule has 0 radical (unpaired) electrons. The molecule has 0 unspecified atom stereocenters. The van der Waals surface area contributed by atoms with Gasteiger partial charge in [0.2, 0.25) is 10.0 Å². The van der Waals surface area contributed by atoms with Crippen molar-refractivity contribution in [1.82, 2.24) is 4.31 Å². The van der Waals surface area contributed by atoms with Gasteiger partial charge in [-0.25, -0.2) is 12.7 Å². The number of carbonyl (C=O) groups is 1. The summed E-state index contributed by atoms with van der Waals surface area (Å²) in [5.74, 6) is -0.276. The maximum Gasteiger partial charge on any atom is 0.269 e. The van der Waals surface area contributed by atoms with Gasteiger partial charge in [0.05, 0.1) is 9.82 Å². The third-order valence-corrected chi connectivity index (χ3v) is 6.11. The van der Waals surface area contributed by atoms with Crippen molar-refractivity contribution in [2.24, 2.45) is 0 Å². The number of amides is 1. The Labute approximate surface area is 150 Å². The zero-order chi connectivity index (χ0) is 19.1. The number of benzene rings is 2. The van der Waals surface area contributed by atoms with Crippen LogP contribution in [0.4, 0.5) is 11.4 Å². The van der Waals surface area contributed by atoms with E-state index in [1.807, 2.05) is 0 Å². The number of nitrogens with zero attached hydrogens (tertiary/aromatic N) is 3. The fourth-order valence-corrected chi connectivity index (χ4v) is 3.79. The lowest BCUT2D eigenvalue weighted by molar-refractivity contribution is -0.384. The summed E-state index contributed by atoms with van der Waals surface area (Å²) in [5.41, 5.74) is 1.70. The first kappa shape index (κ1) is 18.0. The molecule has 0 saturated heterocycles. The molecule has 0 spiro atoms. The van der Waals surface area contributed by atoms with Gasteiger partial charge in [-0.15, -0.1) is 0 Å². The van der Waals surface area contributed by atoms with Gasteiger partial charge in [0, 0.05) is 44.0 Å². The summed E-state index contributed by atoms with van der Waals surface area (Å²) in [6, 6.07) is 10.1. The SMILES string of the molecule is CN(C)S(=O)(=O)c1ccc2c(c1)CCN2C(=O)c1ccc([N+](=O)[O-])cc1. The fourth-order valence-electron chi connectivity index (χ4n) is 2.84. The zero-order valence-electron chi connectivity index (χ0n) is 14.2. The van der Waals surface area contributed by atoms with E-state index in [0.717, 1.165) is 9.87 Å². The summed E-state index contributed by atoms with van der Waals surface area (Å²) in [6.07, 6.45) is 0.546. The molecule has 2 aromatic rings. The van der Waals surface area contributed by atoms with Crippen LogP contribution in [0, 0.1) is 10.1 Å². The molecule has 0 aliphatic carbocycles. The Hall–Kier alpha value is -2.78. The Morgan fingerprint density at radius 1 is 1.15 bits per heavy atom. The summed E-state index contributed by atoms with van der Waals surface area (Å²) in [6.45, 7) is 0.427. The van der Waals surface area contributed by atoms with Gasteiger partial charge in [-0.1, -0.05) is 0 Å². The minimum Gasteiger partial charge on any atom is -0.308 e. The molecule has 0 aromatic heterocycles. The van der Waals surface area contributed by atoms with E-state index in [0.29, 0.717) is 24.2 Å². The quantitative estimate of drug-likeness (QED) is 0.601. The molecule has 0 N–H and O–H groups in total. The molecule has 0 fully saturated rings. The van der Waals surface area contributed by atoms with Crippen LogP contribution in [0.3, 0.4) is 0 Å². The molecular formula is C17H17N3O5S. The number of hydrogen-bond acceptors (Lipinski definition) is 5. The second-order valence-electron chi connectivity index (χ2n) is 6.09. The largest absolute Gasteiger partial charge is 0.308 e. The van der Waals surface area contributed by atoms with Crippen molar-refractivity contribution in [2.45, 2.75) is 11.3 Å². The van der Waals surface area contributed by atoms with E-state index in [9.17, 15) is 23.3 Å². The maximum absolute atomic E-state index is 12.7. The Balaban J connectivity index is 1.90. The maximum atomic E-state index is 12.7. The van der Waals surface area contributed by atoms with Crippen LogP contribution in [-0.4, -0.2) is 44.2 Å². The Kier molecular flexibility index (Phi) is 4.51. The summed E-state index contributed by atoms with van der Waals surface area (Å²) in [7, 11) is -0.605. The summed E-state index contributed by atoms with van der Waals surface area (Å²) < 4.78 is 25.6. The molecule has 2 aromatic carbocycles. The molecular weight excluding hydrogens is 358 g/mol. The average molecular weight is 375 g/mol. The third-order valence-electron chi connectivity index (χ3n) is 4.30. The molecule has 1 aliphatic rings. The van der Waals surface area contributed by atoms with Gasteiger partial charge < -0.3 is 4.90 Å². The van der Waals surface area contributed by atoms with Crippen LogP contribution in [0.15, 0.2) is 47.4 Å². The highest BCUT2D eigenvalue weighted by molar-refractivity contribution is 7.89. The number of carbonyl (C=O) groups excluding carboxylic acids is 1. The second-order valence-corrected chi connectivity index (χ2v) is 8.24. The normalized spacial score (nSPS) is 13.7. The van der Waals surface area contributed by atoms with Crippen LogP contribution in [-0.2, 0) is 16.4 Å².